The van der Waals surface area contributed by atoms with Gasteiger partial charge in [-0.25, -0.2) is 0 Å². The van der Waals surface area contributed by atoms with Gasteiger partial charge in [0.25, 0.3) is 11.8 Å². The molecule has 0 radical (unpaired) electrons. The van der Waals surface area contributed by atoms with Crippen LogP contribution < -0.4 is 10.6 Å². The molecule has 1 heterocycles. The zero-order valence-electron chi connectivity index (χ0n) is 15.9. The molecule has 0 spiro atoms. The Morgan fingerprint density at radius 1 is 1.21 bits per heavy atom. The van der Waals surface area contributed by atoms with E-state index in [1.807, 2.05) is 19.1 Å². The molecule has 6 heteroatoms. The molecule has 28 heavy (non-hydrogen) atoms. The van der Waals surface area contributed by atoms with Crippen molar-refractivity contribution in [1.82, 2.24) is 5.32 Å². The third-order valence-corrected chi connectivity index (χ3v) is 5.30. The van der Waals surface area contributed by atoms with E-state index >= 15 is 0 Å². The Labute approximate surface area is 174 Å². The van der Waals surface area contributed by atoms with Crippen LogP contribution >= 0.6 is 15.9 Å². The molecule has 0 bridgehead atoms. The van der Waals surface area contributed by atoms with Gasteiger partial charge in [-0.3, -0.25) is 9.59 Å². The van der Waals surface area contributed by atoms with Gasteiger partial charge in [0.15, 0.2) is 0 Å². The van der Waals surface area contributed by atoms with E-state index < -0.39 is 6.10 Å². The summed E-state index contributed by atoms with van der Waals surface area (Å²) in [6.45, 7) is 2.62. The number of amides is 2. The van der Waals surface area contributed by atoms with Gasteiger partial charge in [0.05, 0.1) is 0 Å². The van der Waals surface area contributed by atoms with E-state index in [4.69, 9.17) is 4.74 Å². The Morgan fingerprint density at radius 2 is 2.00 bits per heavy atom. The van der Waals surface area contributed by atoms with Crippen molar-refractivity contribution in [3.8, 4) is 0 Å². The van der Waals surface area contributed by atoms with Crippen molar-refractivity contribution in [2.45, 2.75) is 44.8 Å². The molecule has 2 aromatic carbocycles. The van der Waals surface area contributed by atoms with Crippen LogP contribution in [0.5, 0.6) is 0 Å². The number of carbonyl (C=O) groups excluding carboxylic acids is 2. The summed E-state index contributed by atoms with van der Waals surface area (Å²) in [4.78, 5) is 24.7. The molecule has 1 aliphatic heterocycles. The van der Waals surface area contributed by atoms with Gasteiger partial charge >= 0.3 is 0 Å². The topological polar surface area (TPSA) is 67.4 Å². The first-order chi connectivity index (χ1) is 13.5. The first-order valence-corrected chi connectivity index (χ1v) is 10.4. The molecule has 2 amide bonds. The molecule has 0 aromatic heterocycles. The number of halogens is 1. The van der Waals surface area contributed by atoms with Crippen molar-refractivity contribution < 1.29 is 14.3 Å². The number of aryl methyl sites for hydroxylation is 1. The monoisotopic (exact) mass is 444 g/mol. The number of carbonyl (C=O) groups is 2. The van der Waals surface area contributed by atoms with E-state index in [1.165, 1.54) is 5.56 Å². The van der Waals surface area contributed by atoms with E-state index in [0.717, 1.165) is 30.2 Å². The zero-order chi connectivity index (χ0) is 19.9. The number of anilines is 1. The molecule has 3 rings (SSSR count). The first-order valence-electron chi connectivity index (χ1n) is 9.59. The second-order valence-corrected chi connectivity index (χ2v) is 8.03. The smallest absolute Gasteiger partial charge is 0.253 e. The molecule has 1 aliphatic rings. The number of rotatable bonds is 7. The molecule has 2 N–H and O–H groups in total. The summed E-state index contributed by atoms with van der Waals surface area (Å²) < 4.78 is 6.45. The van der Waals surface area contributed by atoms with Crippen LogP contribution in [0.15, 0.2) is 53.0 Å². The summed E-state index contributed by atoms with van der Waals surface area (Å²) in [6.07, 6.45) is 2.99. The lowest BCUT2D eigenvalue weighted by Gasteiger charge is -2.15. The van der Waals surface area contributed by atoms with Gasteiger partial charge in [0.1, 0.15) is 6.10 Å². The van der Waals surface area contributed by atoms with Crippen LogP contribution in [0.4, 0.5) is 5.69 Å². The summed E-state index contributed by atoms with van der Waals surface area (Å²) in [5, 5.41) is 5.86. The standard InChI is InChI=1S/C22H25BrN2O3/c1-15(7-8-16-9-11-18(23)12-10-16)24-21(26)17-4-2-5-19(14-17)25-22(27)20-6-3-13-28-20/h2,4-5,9-12,14-15,20H,3,6-8,13H2,1H3,(H,24,26)(H,25,27). The quantitative estimate of drug-likeness (QED) is 0.667. The third-order valence-electron chi connectivity index (χ3n) is 4.77. The summed E-state index contributed by atoms with van der Waals surface area (Å²) in [7, 11) is 0. The highest BCUT2D eigenvalue weighted by molar-refractivity contribution is 9.10. The fraction of sp³-hybridized carbons (Fsp3) is 0.364. The number of nitrogens with one attached hydrogen (secondary N) is 2. The van der Waals surface area contributed by atoms with Crippen molar-refractivity contribution in [3.05, 3.63) is 64.1 Å². The molecular weight excluding hydrogens is 420 g/mol. The van der Waals surface area contributed by atoms with Gasteiger partial charge in [-0.2, -0.15) is 0 Å². The maximum absolute atomic E-state index is 12.6. The molecule has 2 atom stereocenters. The Morgan fingerprint density at radius 3 is 2.71 bits per heavy atom. The van der Waals surface area contributed by atoms with Crippen molar-refractivity contribution >= 4 is 33.4 Å². The molecule has 5 nitrogen and oxygen atoms in total. The Bertz CT molecular complexity index is 817. The summed E-state index contributed by atoms with van der Waals surface area (Å²) in [5.74, 6) is -0.297. The van der Waals surface area contributed by atoms with E-state index in [2.05, 4.69) is 38.7 Å². The number of hydrogen-bond acceptors (Lipinski definition) is 3. The number of benzene rings is 2. The molecule has 2 aromatic rings. The maximum Gasteiger partial charge on any atom is 0.253 e. The predicted octanol–water partition coefficient (Wildman–Crippen LogP) is 4.32. The number of hydrogen-bond donors (Lipinski definition) is 2. The minimum Gasteiger partial charge on any atom is -0.368 e. The van der Waals surface area contributed by atoms with Crippen LogP contribution in [0.3, 0.4) is 0 Å². The minimum atomic E-state index is -0.392. The summed E-state index contributed by atoms with van der Waals surface area (Å²) in [5.41, 5.74) is 2.37. The van der Waals surface area contributed by atoms with E-state index in [-0.39, 0.29) is 17.9 Å². The van der Waals surface area contributed by atoms with E-state index in [1.54, 1.807) is 24.3 Å². The van der Waals surface area contributed by atoms with Gasteiger partial charge in [0, 0.05) is 28.4 Å². The summed E-state index contributed by atoms with van der Waals surface area (Å²) >= 11 is 3.43. The lowest BCUT2D eigenvalue weighted by atomic mass is 10.1. The van der Waals surface area contributed by atoms with Gasteiger partial charge < -0.3 is 15.4 Å². The molecule has 2 unspecified atom stereocenters. The maximum atomic E-state index is 12.6. The van der Waals surface area contributed by atoms with Gasteiger partial charge in [-0.05, 0) is 68.5 Å². The highest BCUT2D eigenvalue weighted by Gasteiger charge is 2.23. The Hall–Kier alpha value is -2.18. The fourth-order valence-corrected chi connectivity index (χ4v) is 3.42. The molecular formula is C22H25BrN2O3. The van der Waals surface area contributed by atoms with Crippen LogP contribution in [0, 0.1) is 0 Å². The molecule has 0 saturated carbocycles. The Kier molecular flexibility index (Phi) is 7.23. The lowest BCUT2D eigenvalue weighted by Crippen LogP contribution is -2.33. The second kappa shape index (κ2) is 9.85. The van der Waals surface area contributed by atoms with Gasteiger partial charge in [-0.15, -0.1) is 0 Å². The molecule has 1 fully saturated rings. The second-order valence-electron chi connectivity index (χ2n) is 7.11. The number of ether oxygens (including phenoxy) is 1. The van der Waals surface area contributed by atoms with Crippen molar-refractivity contribution in [1.29, 1.82) is 0 Å². The van der Waals surface area contributed by atoms with Crippen molar-refractivity contribution in [2.24, 2.45) is 0 Å². The van der Waals surface area contributed by atoms with Crippen LogP contribution in [0.1, 0.15) is 42.1 Å². The lowest BCUT2D eigenvalue weighted by molar-refractivity contribution is -0.124. The van der Waals surface area contributed by atoms with Crippen LogP contribution in [-0.4, -0.2) is 30.6 Å². The van der Waals surface area contributed by atoms with E-state index in [9.17, 15) is 9.59 Å². The fourth-order valence-electron chi connectivity index (χ4n) is 3.16. The van der Waals surface area contributed by atoms with E-state index in [0.29, 0.717) is 17.9 Å². The SMILES string of the molecule is CC(CCc1ccc(Br)cc1)NC(=O)c1cccc(NC(=O)C2CCCO2)c1. The third kappa shape index (κ3) is 5.91. The molecule has 148 valence electrons. The predicted molar refractivity (Wildman–Crippen MR) is 113 cm³/mol. The van der Waals surface area contributed by atoms with Gasteiger partial charge in [-0.1, -0.05) is 34.1 Å². The zero-order valence-corrected chi connectivity index (χ0v) is 17.5. The van der Waals surface area contributed by atoms with Crippen LogP contribution in [0.2, 0.25) is 0 Å². The Balaban J connectivity index is 1.51. The minimum absolute atomic E-state index is 0.0429. The van der Waals surface area contributed by atoms with Crippen molar-refractivity contribution in [3.63, 3.8) is 0 Å². The normalized spacial score (nSPS) is 17.1. The largest absolute Gasteiger partial charge is 0.368 e. The highest BCUT2D eigenvalue weighted by Crippen LogP contribution is 2.17. The average molecular weight is 445 g/mol. The average Bonchev–Trinajstić information content (AvgIpc) is 3.23. The first kappa shape index (κ1) is 20.6. The summed E-state index contributed by atoms with van der Waals surface area (Å²) in [6, 6.07) is 15.2. The van der Waals surface area contributed by atoms with Crippen LogP contribution in [0.25, 0.3) is 0 Å². The van der Waals surface area contributed by atoms with Crippen LogP contribution in [-0.2, 0) is 16.0 Å². The van der Waals surface area contributed by atoms with Crippen molar-refractivity contribution in [2.75, 3.05) is 11.9 Å². The molecule has 1 saturated heterocycles. The van der Waals surface area contributed by atoms with Gasteiger partial charge in [0.2, 0.25) is 0 Å². The highest BCUT2D eigenvalue weighted by atomic mass is 79.9. The molecule has 0 aliphatic carbocycles.